The third-order valence-electron chi connectivity index (χ3n) is 3.02. The molecule has 6 nitrogen and oxygen atoms in total. The van der Waals surface area contributed by atoms with Crippen LogP contribution in [0.4, 0.5) is 10.5 Å². The van der Waals surface area contributed by atoms with Gasteiger partial charge in [0.2, 0.25) is 5.78 Å². The van der Waals surface area contributed by atoms with Crippen LogP contribution in [0.5, 0.6) is 5.75 Å². The number of ether oxygens (including phenoxy) is 1. The van der Waals surface area contributed by atoms with Crippen molar-refractivity contribution >= 4 is 34.9 Å². The zero-order valence-electron chi connectivity index (χ0n) is 13.1. The molecule has 0 aliphatic carbocycles. The van der Waals surface area contributed by atoms with Gasteiger partial charge < -0.3 is 4.74 Å². The summed E-state index contributed by atoms with van der Waals surface area (Å²) in [5, 5.41) is 6.48. The number of nitrogens with zero attached hydrogens (tertiary/aromatic N) is 1. The Morgan fingerprint density at radius 2 is 1.83 bits per heavy atom. The molecule has 0 atom stereocenters. The highest BCUT2D eigenvalue weighted by molar-refractivity contribution is 6.45. The van der Waals surface area contributed by atoms with E-state index in [-0.39, 0.29) is 11.5 Å². The van der Waals surface area contributed by atoms with Crippen molar-refractivity contribution in [3.63, 3.8) is 0 Å². The predicted octanol–water partition coefficient (Wildman–Crippen LogP) is 4.16. The largest absolute Gasteiger partial charge is 0.497 e. The van der Waals surface area contributed by atoms with Gasteiger partial charge in [-0.2, -0.15) is 0 Å². The molecule has 0 spiro atoms. The summed E-state index contributed by atoms with van der Waals surface area (Å²) < 4.78 is 5.02. The van der Waals surface area contributed by atoms with Crippen LogP contribution in [0.3, 0.4) is 0 Å². The summed E-state index contributed by atoms with van der Waals surface area (Å²) in [6.45, 7) is 1.46. The highest BCUT2D eigenvalue weighted by Crippen LogP contribution is 2.15. The molecule has 1 N–H and O–H groups in total. The lowest BCUT2D eigenvalue weighted by Crippen LogP contribution is -2.15. The molecule has 0 aliphatic heterocycles. The fraction of sp³-hybridized carbons (Fsp3) is 0.118. The van der Waals surface area contributed by atoms with Gasteiger partial charge in [-0.3, -0.25) is 14.9 Å². The lowest BCUT2D eigenvalue weighted by Gasteiger charge is -2.04. The Labute approximate surface area is 144 Å². The van der Waals surface area contributed by atoms with Gasteiger partial charge in [0.05, 0.1) is 7.11 Å². The molecule has 0 aliphatic rings. The molecule has 2 rings (SSSR count). The first-order valence-electron chi connectivity index (χ1n) is 6.96. The second-order valence-corrected chi connectivity index (χ2v) is 5.18. The van der Waals surface area contributed by atoms with Gasteiger partial charge in [0.1, 0.15) is 11.5 Å². The van der Waals surface area contributed by atoms with E-state index in [4.69, 9.17) is 16.3 Å². The number of Topliss-reactive ketones (excluding diaryl/α,β-unsaturated/α-hetero) is 1. The van der Waals surface area contributed by atoms with Crippen LogP contribution in [0.1, 0.15) is 17.3 Å². The van der Waals surface area contributed by atoms with Gasteiger partial charge in [-0.25, -0.2) is 4.79 Å². The minimum atomic E-state index is -0.820. The first kappa shape index (κ1) is 17.5. The van der Waals surface area contributed by atoms with Crippen molar-refractivity contribution in [2.45, 2.75) is 6.92 Å². The third-order valence-corrected chi connectivity index (χ3v) is 3.25. The number of anilines is 1. The van der Waals surface area contributed by atoms with E-state index in [1.165, 1.54) is 14.0 Å². The number of methoxy groups -OCH3 is 1. The summed E-state index contributed by atoms with van der Waals surface area (Å²) in [4.78, 5) is 28.5. The number of amides is 1. The summed E-state index contributed by atoms with van der Waals surface area (Å²) in [5.74, 6) is 0.284. The zero-order valence-corrected chi connectivity index (χ0v) is 13.8. The minimum absolute atomic E-state index is 0.0430. The van der Waals surface area contributed by atoms with Crippen LogP contribution < -0.4 is 10.1 Å². The normalized spacial score (nSPS) is 10.9. The number of hydrogen-bond acceptors (Lipinski definition) is 5. The summed E-state index contributed by atoms with van der Waals surface area (Å²) >= 11 is 5.81. The highest BCUT2D eigenvalue weighted by Gasteiger charge is 2.12. The number of benzene rings is 2. The molecular formula is C17H15ClN2O4. The molecule has 0 saturated carbocycles. The molecule has 0 radical (unpaired) electrons. The van der Waals surface area contributed by atoms with Crippen LogP contribution in [0.15, 0.2) is 53.7 Å². The Bertz CT molecular complexity index is 772. The van der Waals surface area contributed by atoms with E-state index in [9.17, 15) is 9.59 Å². The Kier molecular flexibility index (Phi) is 5.92. The van der Waals surface area contributed by atoms with E-state index in [2.05, 4.69) is 15.3 Å². The topological polar surface area (TPSA) is 77.0 Å². The molecule has 0 bridgehead atoms. The van der Waals surface area contributed by atoms with E-state index >= 15 is 0 Å². The number of rotatable bonds is 5. The van der Waals surface area contributed by atoms with Gasteiger partial charge in [0, 0.05) is 16.3 Å². The second-order valence-electron chi connectivity index (χ2n) is 4.75. The van der Waals surface area contributed by atoms with E-state index in [1.54, 1.807) is 48.5 Å². The average Bonchev–Trinajstić information content (AvgIpc) is 2.59. The molecule has 0 aromatic heterocycles. The zero-order chi connectivity index (χ0) is 17.5. The number of oxime groups is 1. The summed E-state index contributed by atoms with van der Waals surface area (Å²) in [5.41, 5.74) is 0.916. The van der Waals surface area contributed by atoms with Crippen LogP contribution in [-0.2, 0) is 4.84 Å². The van der Waals surface area contributed by atoms with Crippen molar-refractivity contribution in [3.8, 4) is 5.75 Å². The number of halogens is 1. The molecule has 24 heavy (non-hydrogen) atoms. The van der Waals surface area contributed by atoms with E-state index in [1.807, 2.05) is 0 Å². The number of ketones is 1. The summed E-state index contributed by atoms with van der Waals surface area (Å²) in [6.07, 6.45) is -0.820. The van der Waals surface area contributed by atoms with Crippen LogP contribution in [-0.4, -0.2) is 24.7 Å². The molecule has 0 unspecified atom stereocenters. The Hall–Kier alpha value is -2.86. The van der Waals surface area contributed by atoms with Gasteiger partial charge in [0.15, 0.2) is 0 Å². The smallest absolute Gasteiger partial charge is 0.437 e. The SMILES string of the molecule is COc1ccc(C(=O)/C(C)=N/OC(=O)Nc2cccc(Cl)c2)cc1. The van der Waals surface area contributed by atoms with Gasteiger partial charge in [-0.05, 0) is 49.4 Å². The summed E-state index contributed by atoms with van der Waals surface area (Å²) in [7, 11) is 1.54. The number of nitrogens with one attached hydrogen (secondary N) is 1. The lowest BCUT2D eigenvalue weighted by atomic mass is 10.1. The number of carbonyl (C=O) groups is 2. The fourth-order valence-electron chi connectivity index (χ4n) is 1.81. The molecule has 2 aromatic carbocycles. The monoisotopic (exact) mass is 346 g/mol. The molecule has 0 saturated heterocycles. The first-order chi connectivity index (χ1) is 11.5. The highest BCUT2D eigenvalue weighted by atomic mass is 35.5. The van der Waals surface area contributed by atoms with Crippen molar-refractivity contribution < 1.29 is 19.2 Å². The molecule has 2 aromatic rings. The van der Waals surface area contributed by atoms with Gasteiger partial charge in [0.25, 0.3) is 0 Å². The minimum Gasteiger partial charge on any atom is -0.497 e. The molecule has 124 valence electrons. The van der Waals surface area contributed by atoms with E-state index in [0.29, 0.717) is 22.0 Å². The second kappa shape index (κ2) is 8.12. The van der Waals surface area contributed by atoms with Crippen molar-refractivity contribution in [2.24, 2.45) is 5.16 Å². The third kappa shape index (κ3) is 4.82. The Morgan fingerprint density at radius 3 is 2.46 bits per heavy atom. The molecule has 7 heteroatoms. The maximum absolute atomic E-state index is 12.2. The summed E-state index contributed by atoms with van der Waals surface area (Å²) in [6, 6.07) is 13.1. The van der Waals surface area contributed by atoms with Gasteiger partial charge >= 0.3 is 6.09 Å². The Balaban J connectivity index is 1.96. The quantitative estimate of drug-likeness (QED) is 0.382. The van der Waals surface area contributed by atoms with Crippen LogP contribution in [0.2, 0.25) is 5.02 Å². The molecule has 0 fully saturated rings. The van der Waals surface area contributed by atoms with Crippen molar-refractivity contribution in [3.05, 3.63) is 59.1 Å². The fourth-order valence-corrected chi connectivity index (χ4v) is 2.00. The Morgan fingerprint density at radius 1 is 1.12 bits per heavy atom. The lowest BCUT2D eigenvalue weighted by molar-refractivity contribution is 0.105. The first-order valence-corrected chi connectivity index (χ1v) is 7.34. The van der Waals surface area contributed by atoms with Crippen LogP contribution in [0, 0.1) is 0 Å². The predicted molar refractivity (Wildman–Crippen MR) is 92.0 cm³/mol. The van der Waals surface area contributed by atoms with Crippen LogP contribution >= 0.6 is 11.6 Å². The average molecular weight is 347 g/mol. The maximum atomic E-state index is 12.2. The molecular weight excluding hydrogens is 332 g/mol. The van der Waals surface area contributed by atoms with Crippen molar-refractivity contribution in [2.75, 3.05) is 12.4 Å². The van der Waals surface area contributed by atoms with E-state index in [0.717, 1.165) is 0 Å². The maximum Gasteiger partial charge on any atom is 0.437 e. The van der Waals surface area contributed by atoms with Crippen molar-refractivity contribution in [1.29, 1.82) is 0 Å². The molecule has 1 amide bonds. The molecule has 0 heterocycles. The van der Waals surface area contributed by atoms with Crippen molar-refractivity contribution in [1.82, 2.24) is 0 Å². The number of hydrogen-bond donors (Lipinski definition) is 1. The van der Waals surface area contributed by atoms with E-state index < -0.39 is 6.09 Å². The standard InChI is InChI=1S/C17H15ClN2O4/c1-11(16(21)12-6-8-15(23-2)9-7-12)20-24-17(22)19-14-5-3-4-13(18)10-14/h3-10H,1-2H3,(H,19,22)/b20-11+. The van der Waals surface area contributed by atoms with Crippen LogP contribution in [0.25, 0.3) is 0 Å². The van der Waals surface area contributed by atoms with Gasteiger partial charge in [-0.15, -0.1) is 0 Å². The van der Waals surface area contributed by atoms with Gasteiger partial charge in [-0.1, -0.05) is 22.8 Å². The number of carbonyl (C=O) groups excluding carboxylic acids is 2.